The van der Waals surface area contributed by atoms with Crippen LogP contribution in [-0.4, -0.2) is 19.1 Å². The molecule has 0 aliphatic carbocycles. The zero-order valence-corrected chi connectivity index (χ0v) is 13.1. The summed E-state index contributed by atoms with van der Waals surface area (Å²) < 4.78 is 23.5. The summed E-state index contributed by atoms with van der Waals surface area (Å²) in [4.78, 5) is 12.2. The SMILES string of the molecule is NCCOC(=O)C(Oc1cccc(CF)c1)c1ccc(Cl)cc1. The van der Waals surface area contributed by atoms with Crippen LogP contribution in [0.3, 0.4) is 0 Å². The molecule has 4 nitrogen and oxygen atoms in total. The van der Waals surface area contributed by atoms with Crippen molar-refractivity contribution < 1.29 is 18.7 Å². The first-order chi connectivity index (χ1) is 11.1. The molecule has 0 aliphatic heterocycles. The summed E-state index contributed by atoms with van der Waals surface area (Å²) in [5, 5.41) is 0.544. The Kier molecular flexibility index (Phi) is 6.38. The molecular formula is C17H17ClFNO3. The molecule has 2 N–H and O–H groups in total. The number of alkyl halides is 1. The van der Waals surface area contributed by atoms with Gasteiger partial charge in [-0.25, -0.2) is 9.18 Å². The van der Waals surface area contributed by atoms with Gasteiger partial charge in [-0.1, -0.05) is 35.9 Å². The third-order valence-corrected chi connectivity index (χ3v) is 3.31. The van der Waals surface area contributed by atoms with Crippen LogP contribution in [0, 0.1) is 0 Å². The van der Waals surface area contributed by atoms with Gasteiger partial charge in [-0.2, -0.15) is 0 Å². The number of hydrogen-bond acceptors (Lipinski definition) is 4. The maximum Gasteiger partial charge on any atom is 0.352 e. The van der Waals surface area contributed by atoms with Crippen molar-refractivity contribution >= 4 is 17.6 Å². The average Bonchev–Trinajstić information content (AvgIpc) is 2.58. The van der Waals surface area contributed by atoms with Gasteiger partial charge < -0.3 is 15.2 Å². The van der Waals surface area contributed by atoms with Gasteiger partial charge in [-0.15, -0.1) is 0 Å². The van der Waals surface area contributed by atoms with Gasteiger partial charge in [0.2, 0.25) is 6.10 Å². The second-order valence-electron chi connectivity index (χ2n) is 4.79. The molecule has 2 aromatic carbocycles. The van der Waals surface area contributed by atoms with E-state index in [0.717, 1.165) is 0 Å². The fourth-order valence-corrected chi connectivity index (χ4v) is 2.09. The zero-order chi connectivity index (χ0) is 16.7. The van der Waals surface area contributed by atoms with Gasteiger partial charge in [0, 0.05) is 17.1 Å². The van der Waals surface area contributed by atoms with Crippen LogP contribution in [0.4, 0.5) is 4.39 Å². The fourth-order valence-electron chi connectivity index (χ4n) is 1.96. The monoisotopic (exact) mass is 337 g/mol. The number of nitrogens with two attached hydrogens (primary N) is 1. The highest BCUT2D eigenvalue weighted by atomic mass is 35.5. The van der Waals surface area contributed by atoms with E-state index in [-0.39, 0.29) is 13.2 Å². The molecule has 2 rings (SSSR count). The number of rotatable bonds is 7. The average molecular weight is 338 g/mol. The number of hydrogen-bond donors (Lipinski definition) is 1. The predicted octanol–water partition coefficient (Wildman–Crippen LogP) is 3.43. The molecule has 1 unspecified atom stereocenters. The van der Waals surface area contributed by atoms with Crippen molar-refractivity contribution in [1.29, 1.82) is 0 Å². The molecule has 0 spiro atoms. The van der Waals surface area contributed by atoms with E-state index in [2.05, 4.69) is 0 Å². The lowest BCUT2D eigenvalue weighted by atomic mass is 10.1. The van der Waals surface area contributed by atoms with Crippen molar-refractivity contribution in [3.05, 3.63) is 64.7 Å². The first-order valence-corrected chi connectivity index (χ1v) is 7.45. The summed E-state index contributed by atoms with van der Waals surface area (Å²) in [6.07, 6.45) is -0.978. The molecule has 0 bridgehead atoms. The molecule has 0 saturated heterocycles. The topological polar surface area (TPSA) is 61.5 Å². The minimum absolute atomic E-state index is 0.0941. The Morgan fingerprint density at radius 3 is 2.61 bits per heavy atom. The molecule has 2 aromatic rings. The highest BCUT2D eigenvalue weighted by Crippen LogP contribution is 2.25. The molecule has 1 atom stereocenters. The second-order valence-corrected chi connectivity index (χ2v) is 5.22. The van der Waals surface area contributed by atoms with Crippen LogP contribution in [0.5, 0.6) is 5.75 Å². The quantitative estimate of drug-likeness (QED) is 0.786. The van der Waals surface area contributed by atoms with Gasteiger partial charge in [0.25, 0.3) is 0 Å². The van der Waals surface area contributed by atoms with Gasteiger partial charge in [0.05, 0.1) is 0 Å². The lowest BCUT2D eigenvalue weighted by Gasteiger charge is -2.18. The summed E-state index contributed by atoms with van der Waals surface area (Å²) in [6, 6.07) is 13.1. The second kappa shape index (κ2) is 8.50. The molecule has 122 valence electrons. The summed E-state index contributed by atoms with van der Waals surface area (Å²) in [5.74, 6) is -0.187. The Morgan fingerprint density at radius 2 is 1.96 bits per heavy atom. The maximum atomic E-state index is 12.8. The van der Waals surface area contributed by atoms with E-state index in [9.17, 15) is 9.18 Å². The van der Waals surface area contributed by atoms with E-state index in [1.807, 2.05) is 0 Å². The summed E-state index contributed by atoms with van der Waals surface area (Å²) >= 11 is 5.86. The number of halogens is 2. The van der Waals surface area contributed by atoms with Crippen LogP contribution in [0.2, 0.25) is 5.02 Å². The van der Waals surface area contributed by atoms with Gasteiger partial charge in [0.1, 0.15) is 19.0 Å². The third kappa shape index (κ3) is 4.94. The van der Waals surface area contributed by atoms with Crippen LogP contribution in [-0.2, 0) is 16.2 Å². The van der Waals surface area contributed by atoms with Crippen molar-refractivity contribution in [3.63, 3.8) is 0 Å². The molecule has 0 heterocycles. The Labute approximate surface area is 139 Å². The Morgan fingerprint density at radius 1 is 1.22 bits per heavy atom. The molecule has 0 amide bonds. The molecule has 0 aromatic heterocycles. The van der Waals surface area contributed by atoms with E-state index < -0.39 is 18.7 Å². The van der Waals surface area contributed by atoms with Crippen molar-refractivity contribution in [2.24, 2.45) is 5.73 Å². The lowest BCUT2D eigenvalue weighted by molar-refractivity contribution is -0.152. The Hall–Kier alpha value is -2.11. The van der Waals surface area contributed by atoms with Crippen molar-refractivity contribution in [2.45, 2.75) is 12.8 Å². The number of benzene rings is 2. The van der Waals surface area contributed by atoms with Crippen LogP contribution in [0.15, 0.2) is 48.5 Å². The maximum absolute atomic E-state index is 12.8. The summed E-state index contributed by atoms with van der Waals surface area (Å²) in [5.41, 5.74) is 6.40. The minimum atomic E-state index is -0.978. The standard InChI is InChI=1S/C17H17ClFNO3/c18-14-6-4-13(5-7-14)16(17(21)22-9-8-20)23-15-3-1-2-12(10-15)11-19/h1-7,10,16H,8-9,11,20H2. The van der Waals surface area contributed by atoms with Crippen molar-refractivity contribution in [2.75, 3.05) is 13.2 Å². The fraction of sp³-hybridized carbons (Fsp3) is 0.235. The minimum Gasteiger partial charge on any atom is -0.474 e. The molecule has 23 heavy (non-hydrogen) atoms. The predicted molar refractivity (Wildman–Crippen MR) is 86.1 cm³/mol. The lowest BCUT2D eigenvalue weighted by Crippen LogP contribution is -2.24. The van der Waals surface area contributed by atoms with Crippen LogP contribution in [0.25, 0.3) is 0 Å². The Bertz CT molecular complexity index is 649. The summed E-state index contributed by atoms with van der Waals surface area (Å²) in [6.45, 7) is -0.298. The van der Waals surface area contributed by atoms with Gasteiger partial charge >= 0.3 is 5.97 Å². The van der Waals surface area contributed by atoms with E-state index in [0.29, 0.717) is 21.9 Å². The van der Waals surface area contributed by atoms with E-state index in [1.165, 1.54) is 0 Å². The molecule has 6 heteroatoms. The van der Waals surface area contributed by atoms with Crippen LogP contribution >= 0.6 is 11.6 Å². The number of ether oxygens (including phenoxy) is 2. The number of esters is 1. The Balaban J connectivity index is 2.25. The summed E-state index contributed by atoms with van der Waals surface area (Å²) in [7, 11) is 0. The number of carbonyl (C=O) groups is 1. The zero-order valence-electron chi connectivity index (χ0n) is 12.4. The van der Waals surface area contributed by atoms with Gasteiger partial charge in [-0.05, 0) is 29.8 Å². The smallest absolute Gasteiger partial charge is 0.352 e. The number of carbonyl (C=O) groups excluding carboxylic acids is 1. The van der Waals surface area contributed by atoms with Crippen LogP contribution < -0.4 is 10.5 Å². The first-order valence-electron chi connectivity index (χ1n) is 7.07. The van der Waals surface area contributed by atoms with Crippen molar-refractivity contribution in [3.8, 4) is 5.75 Å². The molecule has 0 fully saturated rings. The largest absolute Gasteiger partial charge is 0.474 e. The van der Waals surface area contributed by atoms with E-state index in [1.54, 1.807) is 48.5 Å². The van der Waals surface area contributed by atoms with Gasteiger partial charge in [0.15, 0.2) is 0 Å². The van der Waals surface area contributed by atoms with Crippen molar-refractivity contribution in [1.82, 2.24) is 0 Å². The highest BCUT2D eigenvalue weighted by molar-refractivity contribution is 6.30. The molecule has 0 saturated carbocycles. The molecule has 0 radical (unpaired) electrons. The normalized spacial score (nSPS) is 11.8. The van der Waals surface area contributed by atoms with Gasteiger partial charge in [-0.3, -0.25) is 0 Å². The third-order valence-electron chi connectivity index (χ3n) is 3.06. The van der Waals surface area contributed by atoms with Crippen LogP contribution in [0.1, 0.15) is 17.2 Å². The van der Waals surface area contributed by atoms with E-state index >= 15 is 0 Å². The molecule has 0 aliphatic rings. The first kappa shape index (κ1) is 17.2. The molecular weight excluding hydrogens is 321 g/mol. The highest BCUT2D eigenvalue weighted by Gasteiger charge is 2.24. The van der Waals surface area contributed by atoms with E-state index in [4.69, 9.17) is 26.8 Å².